The quantitative estimate of drug-likeness (QED) is 0.740. The van der Waals surface area contributed by atoms with E-state index in [1.165, 1.54) is 12.1 Å². The topological polar surface area (TPSA) is 12.9 Å². The molecule has 0 N–H and O–H groups in total. The van der Waals surface area contributed by atoms with Gasteiger partial charge in [0.1, 0.15) is 5.82 Å². The fourth-order valence-electron chi connectivity index (χ4n) is 1.65. The molecule has 0 aliphatic carbocycles. The number of benzene rings is 1. The zero-order chi connectivity index (χ0) is 11.5. The molecule has 2 rings (SSSR count). The van der Waals surface area contributed by atoms with Crippen LogP contribution >= 0.6 is 0 Å². The summed E-state index contributed by atoms with van der Waals surface area (Å²) in [6.07, 6.45) is 1.71. The first-order valence-corrected chi connectivity index (χ1v) is 5.31. The highest BCUT2D eigenvalue weighted by atomic mass is 19.1. The largest absolute Gasteiger partial charge is 0.256 e. The number of rotatable bonds is 2. The van der Waals surface area contributed by atoms with Gasteiger partial charge in [0.05, 0.1) is 5.69 Å². The Hall–Kier alpha value is -1.70. The van der Waals surface area contributed by atoms with Gasteiger partial charge < -0.3 is 0 Å². The van der Waals surface area contributed by atoms with E-state index in [-0.39, 0.29) is 5.82 Å². The van der Waals surface area contributed by atoms with Crippen LogP contribution in [0.2, 0.25) is 0 Å². The minimum Gasteiger partial charge on any atom is -0.256 e. The first-order chi connectivity index (χ1) is 7.68. The fraction of sp³-hybridized carbons (Fsp3) is 0.214. The van der Waals surface area contributed by atoms with Crippen molar-refractivity contribution >= 4 is 0 Å². The van der Waals surface area contributed by atoms with E-state index in [0.29, 0.717) is 5.92 Å². The molecule has 0 bridgehead atoms. The summed E-state index contributed by atoms with van der Waals surface area (Å²) in [6, 6.07) is 11.4. The normalized spacial score (nSPS) is 10.8. The van der Waals surface area contributed by atoms with Crippen LogP contribution in [0, 0.1) is 11.9 Å². The molecular weight excluding hydrogens is 201 g/mol. The Labute approximate surface area is 95.0 Å². The van der Waals surface area contributed by atoms with E-state index >= 15 is 0 Å². The molecule has 0 fully saturated rings. The molecule has 0 saturated heterocycles. The van der Waals surface area contributed by atoms with E-state index in [9.17, 15) is 4.39 Å². The molecule has 0 atom stereocenters. The molecule has 0 aliphatic rings. The highest BCUT2D eigenvalue weighted by Crippen LogP contribution is 2.26. The molecule has 81 valence electrons. The number of pyridine rings is 1. The number of nitrogens with zero attached hydrogens (tertiary/aromatic N) is 1. The second-order valence-corrected chi connectivity index (χ2v) is 4.01. The van der Waals surface area contributed by atoms with Crippen molar-refractivity contribution in [3.8, 4) is 11.3 Å². The average Bonchev–Trinajstić information content (AvgIpc) is 2.30. The SMILES string of the molecule is CC(C)c1[c]ccnc1-c1ccc(F)cc1. The molecule has 1 aromatic heterocycles. The summed E-state index contributed by atoms with van der Waals surface area (Å²) in [6.45, 7) is 4.20. The summed E-state index contributed by atoms with van der Waals surface area (Å²) in [4.78, 5) is 4.35. The van der Waals surface area contributed by atoms with Gasteiger partial charge in [0, 0.05) is 11.8 Å². The van der Waals surface area contributed by atoms with E-state index in [2.05, 4.69) is 24.9 Å². The highest BCUT2D eigenvalue weighted by molar-refractivity contribution is 5.63. The molecule has 0 spiro atoms. The van der Waals surface area contributed by atoms with Crippen molar-refractivity contribution in [1.82, 2.24) is 4.98 Å². The fourth-order valence-corrected chi connectivity index (χ4v) is 1.65. The molecule has 0 saturated carbocycles. The first kappa shape index (κ1) is 10.8. The van der Waals surface area contributed by atoms with Crippen molar-refractivity contribution in [1.29, 1.82) is 0 Å². The van der Waals surface area contributed by atoms with Gasteiger partial charge in [-0.25, -0.2) is 4.39 Å². The molecule has 1 nitrogen and oxygen atoms in total. The van der Waals surface area contributed by atoms with Crippen LogP contribution in [-0.2, 0) is 0 Å². The Morgan fingerprint density at radius 2 is 1.88 bits per heavy atom. The Bertz CT molecular complexity index is 474. The maximum absolute atomic E-state index is 12.8. The van der Waals surface area contributed by atoms with E-state index in [4.69, 9.17) is 0 Å². The van der Waals surface area contributed by atoms with Crippen LogP contribution in [-0.4, -0.2) is 4.98 Å². The second kappa shape index (κ2) is 4.44. The Morgan fingerprint density at radius 3 is 2.50 bits per heavy atom. The number of aromatic nitrogens is 1. The van der Waals surface area contributed by atoms with Crippen LogP contribution in [0.15, 0.2) is 36.5 Å². The maximum Gasteiger partial charge on any atom is 0.123 e. The summed E-state index contributed by atoms with van der Waals surface area (Å²) in [5.41, 5.74) is 2.88. The maximum atomic E-state index is 12.8. The van der Waals surface area contributed by atoms with Gasteiger partial charge >= 0.3 is 0 Å². The standard InChI is InChI=1S/C14H13FN/c1-10(2)13-4-3-9-16-14(13)11-5-7-12(15)8-6-11/h3,5-10H,1-2H3. The second-order valence-electron chi connectivity index (χ2n) is 4.01. The molecule has 1 radical (unpaired) electrons. The molecule has 2 heteroatoms. The van der Waals surface area contributed by atoms with Gasteiger partial charge in [-0.3, -0.25) is 4.98 Å². The summed E-state index contributed by atoms with van der Waals surface area (Å²) in [5.74, 6) is 0.128. The summed E-state index contributed by atoms with van der Waals surface area (Å²) in [7, 11) is 0. The monoisotopic (exact) mass is 214 g/mol. The lowest BCUT2D eigenvalue weighted by molar-refractivity contribution is 0.628. The van der Waals surface area contributed by atoms with Crippen molar-refractivity contribution in [3.05, 3.63) is 54.0 Å². The van der Waals surface area contributed by atoms with Gasteiger partial charge in [-0.15, -0.1) is 0 Å². The smallest absolute Gasteiger partial charge is 0.123 e. The van der Waals surface area contributed by atoms with E-state index in [1.807, 2.05) is 6.07 Å². The van der Waals surface area contributed by atoms with Crippen molar-refractivity contribution in [2.45, 2.75) is 19.8 Å². The van der Waals surface area contributed by atoms with Crippen LogP contribution in [0.5, 0.6) is 0 Å². The number of hydrogen-bond donors (Lipinski definition) is 0. The Morgan fingerprint density at radius 1 is 1.19 bits per heavy atom. The van der Waals surface area contributed by atoms with Crippen LogP contribution < -0.4 is 0 Å². The lowest BCUT2D eigenvalue weighted by atomic mass is 9.97. The zero-order valence-corrected chi connectivity index (χ0v) is 9.37. The molecule has 0 unspecified atom stereocenters. The minimum absolute atomic E-state index is 0.227. The number of hydrogen-bond acceptors (Lipinski definition) is 1. The molecular formula is C14H13FN. The van der Waals surface area contributed by atoms with Crippen molar-refractivity contribution in [2.75, 3.05) is 0 Å². The van der Waals surface area contributed by atoms with Crippen LogP contribution in [0.25, 0.3) is 11.3 Å². The Balaban J connectivity index is 2.51. The van der Waals surface area contributed by atoms with Gasteiger partial charge in [0.25, 0.3) is 0 Å². The van der Waals surface area contributed by atoms with Crippen molar-refractivity contribution < 1.29 is 4.39 Å². The molecule has 1 aromatic carbocycles. The molecule has 2 aromatic rings. The predicted molar refractivity (Wildman–Crippen MR) is 62.6 cm³/mol. The van der Waals surface area contributed by atoms with E-state index < -0.39 is 0 Å². The van der Waals surface area contributed by atoms with E-state index in [0.717, 1.165) is 16.8 Å². The third-order valence-corrected chi connectivity index (χ3v) is 2.47. The van der Waals surface area contributed by atoms with Crippen LogP contribution in [0.3, 0.4) is 0 Å². The third-order valence-electron chi connectivity index (χ3n) is 2.47. The van der Waals surface area contributed by atoms with Crippen LogP contribution in [0.4, 0.5) is 4.39 Å². The van der Waals surface area contributed by atoms with Crippen LogP contribution in [0.1, 0.15) is 25.3 Å². The van der Waals surface area contributed by atoms with Gasteiger partial charge in [0.2, 0.25) is 0 Å². The van der Waals surface area contributed by atoms with Gasteiger partial charge in [-0.05, 0) is 47.9 Å². The van der Waals surface area contributed by atoms with Crippen molar-refractivity contribution in [2.24, 2.45) is 0 Å². The highest BCUT2D eigenvalue weighted by Gasteiger charge is 2.09. The first-order valence-electron chi connectivity index (χ1n) is 5.31. The average molecular weight is 214 g/mol. The van der Waals surface area contributed by atoms with Gasteiger partial charge in [0.15, 0.2) is 0 Å². The summed E-state index contributed by atoms with van der Waals surface area (Å²) in [5, 5.41) is 0. The summed E-state index contributed by atoms with van der Waals surface area (Å²) < 4.78 is 12.8. The minimum atomic E-state index is -0.227. The van der Waals surface area contributed by atoms with Gasteiger partial charge in [-0.1, -0.05) is 13.8 Å². The van der Waals surface area contributed by atoms with Gasteiger partial charge in [-0.2, -0.15) is 0 Å². The molecule has 0 amide bonds. The predicted octanol–water partition coefficient (Wildman–Crippen LogP) is 3.81. The number of halogens is 1. The molecule has 1 heterocycles. The van der Waals surface area contributed by atoms with Crippen molar-refractivity contribution in [3.63, 3.8) is 0 Å². The lowest BCUT2D eigenvalue weighted by Crippen LogP contribution is -1.95. The zero-order valence-electron chi connectivity index (χ0n) is 9.37. The summed E-state index contributed by atoms with van der Waals surface area (Å²) >= 11 is 0. The molecule has 16 heavy (non-hydrogen) atoms. The van der Waals surface area contributed by atoms with E-state index in [1.54, 1.807) is 18.3 Å². The third kappa shape index (κ3) is 2.11. The molecule has 0 aliphatic heterocycles. The Kier molecular flexibility index (Phi) is 3.00. The lowest BCUT2D eigenvalue weighted by Gasteiger charge is -2.10.